The molecule has 17 heavy (non-hydrogen) atoms. The molecule has 0 aliphatic rings. The van der Waals surface area contributed by atoms with Crippen molar-refractivity contribution >= 4 is 11.3 Å². The van der Waals surface area contributed by atoms with Crippen LogP contribution in [0.5, 0.6) is 0 Å². The normalized spacial score (nSPS) is 12.9. The Morgan fingerprint density at radius 1 is 1.53 bits per heavy atom. The van der Waals surface area contributed by atoms with Crippen LogP contribution in [0.3, 0.4) is 0 Å². The summed E-state index contributed by atoms with van der Waals surface area (Å²) in [5.74, 6) is 0. The summed E-state index contributed by atoms with van der Waals surface area (Å²) in [6, 6.07) is 4.13. The van der Waals surface area contributed by atoms with Gasteiger partial charge in [-0.25, -0.2) is 0 Å². The average Bonchev–Trinajstić information content (AvgIpc) is 2.85. The number of aromatic nitrogens is 2. The van der Waals surface area contributed by atoms with Crippen molar-refractivity contribution in [2.24, 2.45) is 7.05 Å². The molecule has 1 atom stereocenters. The second-order valence-electron chi connectivity index (χ2n) is 4.28. The average molecular weight is 250 g/mol. The monoisotopic (exact) mass is 250 g/mol. The van der Waals surface area contributed by atoms with E-state index < -0.39 is 6.10 Å². The van der Waals surface area contributed by atoms with E-state index in [1.807, 2.05) is 30.1 Å². The maximum Gasteiger partial charge on any atom is 0.0939 e. The second-order valence-corrected chi connectivity index (χ2v) is 5.23. The van der Waals surface area contributed by atoms with E-state index in [2.05, 4.69) is 18.1 Å². The van der Waals surface area contributed by atoms with Gasteiger partial charge in [-0.15, -0.1) is 11.3 Å². The third-order valence-corrected chi connectivity index (χ3v) is 4.03. The van der Waals surface area contributed by atoms with Crippen molar-refractivity contribution in [3.05, 3.63) is 39.3 Å². The molecule has 0 fully saturated rings. The first kappa shape index (κ1) is 12.3. The van der Waals surface area contributed by atoms with Crippen LogP contribution < -0.4 is 0 Å². The maximum absolute atomic E-state index is 10.3. The summed E-state index contributed by atoms with van der Waals surface area (Å²) in [4.78, 5) is 1.09. The minimum atomic E-state index is -0.417. The molecule has 0 aromatic carbocycles. The van der Waals surface area contributed by atoms with Gasteiger partial charge in [-0.05, 0) is 36.4 Å². The fraction of sp³-hybridized carbons (Fsp3) is 0.462. The van der Waals surface area contributed by atoms with Crippen molar-refractivity contribution in [1.82, 2.24) is 9.78 Å². The molecule has 0 saturated carbocycles. The van der Waals surface area contributed by atoms with Crippen molar-refractivity contribution in [3.8, 4) is 0 Å². The number of hydrogen-bond donors (Lipinski definition) is 1. The Bertz CT molecular complexity index is 501. The summed E-state index contributed by atoms with van der Waals surface area (Å²) in [5.41, 5.74) is 3.32. The van der Waals surface area contributed by atoms with Gasteiger partial charge in [0.15, 0.2) is 0 Å². The Balaban J connectivity index is 2.16. The van der Waals surface area contributed by atoms with E-state index in [1.165, 1.54) is 5.56 Å². The fourth-order valence-electron chi connectivity index (χ4n) is 2.08. The molecule has 0 aliphatic carbocycles. The molecular weight excluding hydrogens is 232 g/mol. The maximum atomic E-state index is 10.3. The molecule has 0 spiro atoms. The Kier molecular flexibility index (Phi) is 3.64. The van der Waals surface area contributed by atoms with Crippen LogP contribution in [0.15, 0.2) is 17.5 Å². The standard InChI is InChI=1S/C13H18N2OS/c1-4-10-5-6-17-13(10)12(16)8-11-7-9(2)14-15(11)3/h5-7,12,16H,4,8H2,1-3H3. The van der Waals surface area contributed by atoms with Gasteiger partial charge in [0.1, 0.15) is 0 Å². The number of nitrogens with zero attached hydrogens (tertiary/aromatic N) is 2. The molecule has 1 unspecified atom stereocenters. The fourth-order valence-corrected chi connectivity index (χ4v) is 3.06. The lowest BCUT2D eigenvalue weighted by Gasteiger charge is -2.10. The first-order chi connectivity index (χ1) is 8.11. The van der Waals surface area contributed by atoms with E-state index in [1.54, 1.807) is 11.3 Å². The summed E-state index contributed by atoms with van der Waals surface area (Å²) >= 11 is 1.63. The number of aryl methyl sites for hydroxylation is 3. The molecule has 0 saturated heterocycles. The van der Waals surface area contributed by atoms with Gasteiger partial charge >= 0.3 is 0 Å². The SMILES string of the molecule is CCc1ccsc1C(O)Cc1cc(C)nn1C. The first-order valence-electron chi connectivity index (χ1n) is 5.85. The van der Waals surface area contributed by atoms with Crippen LogP contribution in [0.2, 0.25) is 0 Å². The third-order valence-electron chi connectivity index (χ3n) is 2.97. The zero-order chi connectivity index (χ0) is 12.4. The minimum Gasteiger partial charge on any atom is -0.387 e. The lowest BCUT2D eigenvalue weighted by molar-refractivity contribution is 0.178. The predicted octanol–water partition coefficient (Wildman–Crippen LogP) is 2.63. The summed E-state index contributed by atoms with van der Waals surface area (Å²) in [6.07, 6.45) is 1.19. The largest absolute Gasteiger partial charge is 0.387 e. The van der Waals surface area contributed by atoms with Crippen molar-refractivity contribution in [2.75, 3.05) is 0 Å². The third kappa shape index (κ3) is 2.58. The first-order valence-corrected chi connectivity index (χ1v) is 6.73. The van der Waals surface area contributed by atoms with Gasteiger partial charge in [0.05, 0.1) is 11.8 Å². The van der Waals surface area contributed by atoms with E-state index in [9.17, 15) is 5.11 Å². The smallest absolute Gasteiger partial charge is 0.0939 e. The van der Waals surface area contributed by atoms with Crippen LogP contribution in [0, 0.1) is 6.92 Å². The highest BCUT2D eigenvalue weighted by molar-refractivity contribution is 7.10. The highest BCUT2D eigenvalue weighted by atomic mass is 32.1. The zero-order valence-corrected chi connectivity index (χ0v) is 11.3. The summed E-state index contributed by atoms with van der Waals surface area (Å²) in [7, 11) is 1.92. The number of thiophene rings is 1. The van der Waals surface area contributed by atoms with Gasteiger partial charge in [-0.3, -0.25) is 4.68 Å². The second kappa shape index (κ2) is 5.02. The van der Waals surface area contributed by atoms with Gasteiger partial charge < -0.3 is 5.11 Å². The molecule has 3 nitrogen and oxygen atoms in total. The molecule has 2 rings (SSSR count). The molecule has 0 radical (unpaired) electrons. The molecule has 2 aromatic heterocycles. The Morgan fingerprint density at radius 2 is 2.29 bits per heavy atom. The summed E-state index contributed by atoms with van der Waals surface area (Å²) < 4.78 is 1.85. The van der Waals surface area contributed by atoms with E-state index in [-0.39, 0.29) is 0 Å². The van der Waals surface area contributed by atoms with Crippen LogP contribution >= 0.6 is 11.3 Å². The van der Waals surface area contributed by atoms with Gasteiger partial charge in [-0.1, -0.05) is 6.92 Å². The molecular formula is C13H18N2OS. The summed E-state index contributed by atoms with van der Waals surface area (Å²) in [6.45, 7) is 4.09. The van der Waals surface area contributed by atoms with Crippen molar-refractivity contribution in [3.63, 3.8) is 0 Å². The Labute approximate surface area is 106 Å². The molecule has 2 heterocycles. The lowest BCUT2D eigenvalue weighted by atomic mass is 10.1. The van der Waals surface area contributed by atoms with Gasteiger partial charge in [0.2, 0.25) is 0 Å². The van der Waals surface area contributed by atoms with Crippen molar-refractivity contribution in [2.45, 2.75) is 32.8 Å². The molecule has 0 bridgehead atoms. The molecule has 4 heteroatoms. The number of aliphatic hydroxyl groups is 1. The van der Waals surface area contributed by atoms with Crippen molar-refractivity contribution in [1.29, 1.82) is 0 Å². The number of aliphatic hydroxyl groups excluding tert-OH is 1. The molecule has 0 aliphatic heterocycles. The summed E-state index contributed by atoms with van der Waals surface area (Å²) in [5, 5.41) is 16.6. The van der Waals surface area contributed by atoms with Crippen LogP contribution in [-0.4, -0.2) is 14.9 Å². The highest BCUT2D eigenvalue weighted by Crippen LogP contribution is 2.27. The molecule has 2 aromatic rings. The Morgan fingerprint density at radius 3 is 2.88 bits per heavy atom. The Hall–Kier alpha value is -1.13. The van der Waals surface area contributed by atoms with Gasteiger partial charge in [0, 0.05) is 24.0 Å². The minimum absolute atomic E-state index is 0.417. The number of hydrogen-bond acceptors (Lipinski definition) is 3. The van der Waals surface area contributed by atoms with E-state index in [0.29, 0.717) is 6.42 Å². The van der Waals surface area contributed by atoms with Crippen LogP contribution in [-0.2, 0) is 19.9 Å². The predicted molar refractivity (Wildman–Crippen MR) is 70.3 cm³/mol. The zero-order valence-electron chi connectivity index (χ0n) is 10.5. The van der Waals surface area contributed by atoms with Crippen molar-refractivity contribution < 1.29 is 5.11 Å². The quantitative estimate of drug-likeness (QED) is 0.906. The molecule has 0 amide bonds. The highest BCUT2D eigenvalue weighted by Gasteiger charge is 2.15. The van der Waals surface area contributed by atoms with Gasteiger partial charge in [0.25, 0.3) is 0 Å². The van der Waals surface area contributed by atoms with Gasteiger partial charge in [-0.2, -0.15) is 5.10 Å². The van der Waals surface area contributed by atoms with Crippen LogP contribution in [0.25, 0.3) is 0 Å². The van der Waals surface area contributed by atoms with E-state index >= 15 is 0 Å². The topological polar surface area (TPSA) is 38.1 Å². The van der Waals surface area contributed by atoms with E-state index in [4.69, 9.17) is 0 Å². The van der Waals surface area contributed by atoms with Crippen LogP contribution in [0.1, 0.15) is 34.9 Å². The van der Waals surface area contributed by atoms with E-state index in [0.717, 1.165) is 22.7 Å². The molecule has 92 valence electrons. The number of rotatable bonds is 4. The van der Waals surface area contributed by atoms with Crippen LogP contribution in [0.4, 0.5) is 0 Å². The molecule has 1 N–H and O–H groups in total. The lowest BCUT2D eigenvalue weighted by Crippen LogP contribution is -2.06.